The van der Waals surface area contributed by atoms with Gasteiger partial charge in [-0.25, -0.2) is 27.3 Å². The van der Waals surface area contributed by atoms with Crippen LogP contribution in [0.3, 0.4) is 0 Å². The second kappa shape index (κ2) is 3.70. The van der Waals surface area contributed by atoms with E-state index in [1.54, 1.807) is 0 Å². The fourth-order valence-electron chi connectivity index (χ4n) is 1.20. The lowest BCUT2D eigenvalue weighted by atomic mass is 10.1. The van der Waals surface area contributed by atoms with E-state index < -0.39 is 26.9 Å². The van der Waals surface area contributed by atoms with Gasteiger partial charge in [-0.15, -0.1) is 0 Å². The van der Waals surface area contributed by atoms with Crippen molar-refractivity contribution in [1.82, 2.24) is 4.98 Å². The molecule has 0 unspecified atom stereocenters. The van der Waals surface area contributed by atoms with E-state index in [9.17, 15) is 17.2 Å². The molecule has 0 radical (unpaired) electrons. The van der Waals surface area contributed by atoms with Crippen molar-refractivity contribution in [3.63, 3.8) is 0 Å². The Morgan fingerprint density at radius 2 is 2.00 bits per heavy atom. The summed E-state index contributed by atoms with van der Waals surface area (Å²) >= 11 is 0. The molecule has 0 saturated heterocycles. The Hall–Kier alpha value is -1.28. The SMILES string of the molecule is Cc1c(C(F)F)cnc(N)c1S(N)(=O)=O. The van der Waals surface area contributed by atoms with Gasteiger partial charge in [-0.3, -0.25) is 0 Å². The number of rotatable bonds is 2. The lowest BCUT2D eigenvalue weighted by molar-refractivity contribution is 0.150. The van der Waals surface area contributed by atoms with Gasteiger partial charge >= 0.3 is 0 Å². The number of pyridine rings is 1. The highest BCUT2D eigenvalue weighted by molar-refractivity contribution is 7.89. The molecular weight excluding hydrogens is 228 g/mol. The number of alkyl halides is 2. The number of primary sulfonamides is 1. The average Bonchev–Trinajstić information content (AvgIpc) is 2.00. The Morgan fingerprint density at radius 1 is 1.47 bits per heavy atom. The summed E-state index contributed by atoms with van der Waals surface area (Å²) in [6.07, 6.45) is -1.98. The lowest BCUT2D eigenvalue weighted by Gasteiger charge is -2.10. The summed E-state index contributed by atoms with van der Waals surface area (Å²) in [5, 5.41) is 4.83. The predicted octanol–water partition coefficient (Wildman–Crippen LogP) is 0.557. The van der Waals surface area contributed by atoms with Crippen molar-refractivity contribution >= 4 is 15.8 Å². The summed E-state index contributed by atoms with van der Waals surface area (Å²) < 4.78 is 46.9. The third-order valence-electron chi connectivity index (χ3n) is 1.87. The fourth-order valence-corrected chi connectivity index (χ4v) is 2.09. The molecule has 1 heterocycles. The molecule has 0 bridgehead atoms. The summed E-state index contributed by atoms with van der Waals surface area (Å²) in [7, 11) is -4.14. The molecule has 0 aliphatic heterocycles. The van der Waals surface area contributed by atoms with Gasteiger partial charge in [0.2, 0.25) is 10.0 Å². The van der Waals surface area contributed by atoms with Crippen molar-refractivity contribution in [1.29, 1.82) is 0 Å². The molecule has 15 heavy (non-hydrogen) atoms. The smallest absolute Gasteiger partial charge is 0.265 e. The number of aromatic nitrogens is 1. The highest BCUT2D eigenvalue weighted by atomic mass is 32.2. The molecule has 1 rings (SSSR count). The van der Waals surface area contributed by atoms with Crippen molar-refractivity contribution < 1.29 is 17.2 Å². The summed E-state index contributed by atoms with van der Waals surface area (Å²) in [4.78, 5) is 2.82. The standard InChI is InChI=1S/C7H9F2N3O2S/c1-3-4(6(8)9)2-12-7(10)5(3)15(11,13)14/h2,6H,1H3,(H2,10,12)(H2,11,13,14). The minimum absolute atomic E-state index is 0.167. The minimum atomic E-state index is -4.14. The highest BCUT2D eigenvalue weighted by Crippen LogP contribution is 2.28. The van der Waals surface area contributed by atoms with Crippen LogP contribution in [-0.4, -0.2) is 13.4 Å². The van der Waals surface area contributed by atoms with E-state index in [4.69, 9.17) is 10.9 Å². The molecule has 1 aromatic rings. The van der Waals surface area contributed by atoms with Crippen LogP contribution in [0, 0.1) is 6.92 Å². The number of nitrogens with zero attached hydrogens (tertiary/aromatic N) is 1. The lowest BCUT2D eigenvalue weighted by Crippen LogP contribution is -2.17. The third kappa shape index (κ3) is 2.21. The van der Waals surface area contributed by atoms with Crippen molar-refractivity contribution in [2.24, 2.45) is 5.14 Å². The van der Waals surface area contributed by atoms with E-state index in [0.717, 1.165) is 6.20 Å². The first kappa shape index (κ1) is 11.8. The first-order valence-corrected chi connectivity index (χ1v) is 5.35. The molecule has 4 N–H and O–H groups in total. The molecule has 5 nitrogen and oxygen atoms in total. The van der Waals surface area contributed by atoms with Gasteiger partial charge < -0.3 is 5.73 Å². The molecular formula is C7H9F2N3O2S. The first-order chi connectivity index (χ1) is 6.75. The highest BCUT2D eigenvalue weighted by Gasteiger charge is 2.22. The second-order valence-corrected chi connectivity index (χ2v) is 4.40. The molecule has 1 aromatic heterocycles. The van der Waals surface area contributed by atoms with Crippen LogP contribution in [-0.2, 0) is 10.0 Å². The number of anilines is 1. The van der Waals surface area contributed by atoms with E-state index in [1.807, 2.05) is 0 Å². The number of hydrogen-bond donors (Lipinski definition) is 2. The van der Waals surface area contributed by atoms with Crippen molar-refractivity contribution in [3.8, 4) is 0 Å². The molecule has 0 aliphatic rings. The van der Waals surface area contributed by atoms with E-state index >= 15 is 0 Å². The molecule has 0 aromatic carbocycles. The molecule has 0 spiro atoms. The average molecular weight is 237 g/mol. The van der Waals surface area contributed by atoms with Gasteiger partial charge in [-0.05, 0) is 12.5 Å². The molecule has 84 valence electrons. The molecule has 0 atom stereocenters. The van der Waals surface area contributed by atoms with Crippen molar-refractivity contribution in [3.05, 3.63) is 17.3 Å². The van der Waals surface area contributed by atoms with Crippen LogP contribution in [0.25, 0.3) is 0 Å². The van der Waals surface area contributed by atoms with Crippen LogP contribution in [0.2, 0.25) is 0 Å². The monoisotopic (exact) mass is 237 g/mol. The predicted molar refractivity (Wildman–Crippen MR) is 49.7 cm³/mol. The second-order valence-electron chi connectivity index (χ2n) is 2.90. The Balaban J connectivity index is 3.59. The van der Waals surface area contributed by atoms with Crippen LogP contribution < -0.4 is 10.9 Å². The van der Waals surface area contributed by atoms with Gasteiger partial charge in [-0.1, -0.05) is 0 Å². The van der Waals surface area contributed by atoms with E-state index in [1.165, 1.54) is 6.92 Å². The van der Waals surface area contributed by atoms with Crippen LogP contribution in [0.4, 0.5) is 14.6 Å². The van der Waals surface area contributed by atoms with E-state index in [0.29, 0.717) is 0 Å². The third-order valence-corrected chi connectivity index (χ3v) is 2.95. The van der Waals surface area contributed by atoms with Crippen molar-refractivity contribution in [2.75, 3.05) is 5.73 Å². The Morgan fingerprint density at radius 3 is 2.40 bits per heavy atom. The van der Waals surface area contributed by atoms with E-state index in [-0.39, 0.29) is 11.4 Å². The number of nitrogen functional groups attached to an aromatic ring is 1. The molecule has 0 saturated carbocycles. The number of sulfonamides is 1. The summed E-state index contributed by atoms with van der Waals surface area (Å²) in [5.41, 5.74) is 4.60. The topological polar surface area (TPSA) is 99.1 Å². The maximum absolute atomic E-state index is 12.4. The van der Waals surface area contributed by atoms with Crippen LogP contribution in [0.15, 0.2) is 11.1 Å². The van der Waals surface area contributed by atoms with Gasteiger partial charge in [0.05, 0.1) is 0 Å². The zero-order chi connectivity index (χ0) is 11.8. The largest absolute Gasteiger partial charge is 0.383 e. The summed E-state index contributed by atoms with van der Waals surface area (Å²) in [6.45, 7) is 1.21. The number of halogens is 2. The van der Waals surface area contributed by atoms with Gasteiger partial charge in [-0.2, -0.15) is 0 Å². The molecule has 0 amide bonds. The number of nitrogens with two attached hydrogens (primary N) is 2. The van der Waals surface area contributed by atoms with Gasteiger partial charge in [0.15, 0.2) is 0 Å². The molecule has 0 fully saturated rings. The van der Waals surface area contributed by atoms with Crippen LogP contribution in [0.5, 0.6) is 0 Å². The Labute approximate surface area is 85.2 Å². The fraction of sp³-hybridized carbons (Fsp3) is 0.286. The minimum Gasteiger partial charge on any atom is -0.383 e. The zero-order valence-corrected chi connectivity index (χ0v) is 8.55. The zero-order valence-electron chi connectivity index (χ0n) is 7.74. The van der Waals surface area contributed by atoms with Gasteiger partial charge in [0.25, 0.3) is 6.43 Å². The van der Waals surface area contributed by atoms with Gasteiger partial charge in [0, 0.05) is 11.8 Å². The normalized spacial score (nSPS) is 12.1. The Kier molecular flexibility index (Phi) is 2.91. The van der Waals surface area contributed by atoms with Gasteiger partial charge in [0.1, 0.15) is 10.7 Å². The number of hydrogen-bond acceptors (Lipinski definition) is 4. The summed E-state index contributed by atoms with van der Waals surface area (Å²) in [6, 6.07) is 0. The maximum Gasteiger partial charge on any atom is 0.265 e. The quantitative estimate of drug-likeness (QED) is 0.784. The van der Waals surface area contributed by atoms with Crippen molar-refractivity contribution in [2.45, 2.75) is 18.2 Å². The summed E-state index contributed by atoms with van der Waals surface area (Å²) in [5.74, 6) is -0.376. The maximum atomic E-state index is 12.4. The van der Waals surface area contributed by atoms with Crippen LogP contribution >= 0.6 is 0 Å². The Bertz CT molecular complexity index is 487. The molecule has 0 aliphatic carbocycles. The van der Waals surface area contributed by atoms with E-state index in [2.05, 4.69) is 4.98 Å². The van der Waals surface area contributed by atoms with Crippen LogP contribution in [0.1, 0.15) is 17.6 Å². The first-order valence-electron chi connectivity index (χ1n) is 3.81. The molecule has 8 heteroatoms.